The Morgan fingerprint density at radius 3 is 2.27 bits per heavy atom. The summed E-state index contributed by atoms with van der Waals surface area (Å²) in [6, 6.07) is 18.8. The van der Waals surface area contributed by atoms with Crippen molar-refractivity contribution in [1.82, 2.24) is 15.2 Å². The predicted molar refractivity (Wildman–Crippen MR) is 112 cm³/mol. The molecule has 0 aliphatic carbocycles. The lowest BCUT2D eigenvalue weighted by atomic mass is 9.81. The maximum absolute atomic E-state index is 13.6. The van der Waals surface area contributed by atoms with Gasteiger partial charge in [-0.3, -0.25) is 20.4 Å². The molecule has 3 aromatic rings. The highest BCUT2D eigenvalue weighted by Gasteiger charge is 2.62. The summed E-state index contributed by atoms with van der Waals surface area (Å²) in [5.74, 6) is -5.77. The lowest BCUT2D eigenvalue weighted by molar-refractivity contribution is -0.228. The molecule has 2 atom stereocenters. The summed E-state index contributed by atoms with van der Waals surface area (Å²) in [6.45, 7) is 0. The van der Waals surface area contributed by atoms with Crippen LogP contribution in [0.4, 0.5) is 13.2 Å². The van der Waals surface area contributed by atoms with Gasteiger partial charge in [-0.25, -0.2) is 10.1 Å². The molecule has 170 valence electrons. The Kier molecular flexibility index (Phi) is 5.43. The summed E-state index contributed by atoms with van der Waals surface area (Å²) in [5.41, 5.74) is 6.67. The first-order valence-corrected chi connectivity index (χ1v) is 9.81. The van der Waals surface area contributed by atoms with E-state index in [0.29, 0.717) is 11.1 Å². The number of amides is 1. The van der Waals surface area contributed by atoms with Crippen LogP contribution >= 0.6 is 0 Å². The van der Waals surface area contributed by atoms with E-state index in [9.17, 15) is 22.8 Å². The van der Waals surface area contributed by atoms with Crippen LogP contribution in [0, 0.1) is 0 Å². The molecule has 1 fully saturated rings. The van der Waals surface area contributed by atoms with E-state index in [-0.39, 0.29) is 0 Å². The molecule has 0 radical (unpaired) electrons. The first kappa shape index (κ1) is 22.4. The molecule has 1 aliphatic heterocycles. The van der Waals surface area contributed by atoms with E-state index in [1.807, 2.05) is 6.07 Å². The Morgan fingerprint density at radius 1 is 1.00 bits per heavy atom. The number of carbonyl (C=O) groups excluding carboxylic acids is 2. The zero-order chi connectivity index (χ0) is 23.9. The van der Waals surface area contributed by atoms with Crippen molar-refractivity contribution in [2.24, 2.45) is 5.73 Å². The minimum atomic E-state index is -5.29. The van der Waals surface area contributed by atoms with Gasteiger partial charge in [0.25, 0.3) is 5.91 Å². The quantitative estimate of drug-likeness (QED) is 0.463. The highest BCUT2D eigenvalue weighted by Crippen LogP contribution is 2.41. The molecule has 0 saturated carbocycles. The number of aromatic nitrogens is 1. The maximum atomic E-state index is 13.6. The fraction of sp³-hybridized carbons (Fsp3) is 0.174. The van der Waals surface area contributed by atoms with E-state index in [1.54, 1.807) is 73.1 Å². The van der Waals surface area contributed by atoms with E-state index in [0.717, 1.165) is 23.1 Å². The second-order valence-corrected chi connectivity index (χ2v) is 7.51. The number of esters is 1. The summed E-state index contributed by atoms with van der Waals surface area (Å²) >= 11 is 0. The predicted octanol–water partition coefficient (Wildman–Crippen LogP) is 2.73. The van der Waals surface area contributed by atoms with Gasteiger partial charge in [0.05, 0.1) is 0 Å². The standard InChI is InChI=1S/C23H19F3N4O3/c1-30-19(31)21(17-7-3-2-4-8-17,29-23(30,27)33-20(32)22(24,25)26)18-9-5-6-16(14-18)15-10-12-28-13-11-15/h2-14,29H,27H2,1H3. The van der Waals surface area contributed by atoms with Gasteiger partial charge >= 0.3 is 18.1 Å². The second-order valence-electron chi connectivity index (χ2n) is 7.51. The van der Waals surface area contributed by atoms with Gasteiger partial charge in [-0.15, -0.1) is 0 Å². The number of nitrogens with zero attached hydrogens (tertiary/aromatic N) is 2. The molecule has 7 nitrogen and oxygen atoms in total. The molecular weight excluding hydrogens is 437 g/mol. The Hall–Kier alpha value is -3.76. The van der Waals surface area contributed by atoms with E-state index in [2.05, 4.69) is 15.0 Å². The third-order valence-electron chi connectivity index (χ3n) is 5.49. The average molecular weight is 456 g/mol. The zero-order valence-corrected chi connectivity index (χ0v) is 17.3. The first-order chi connectivity index (χ1) is 15.6. The van der Waals surface area contributed by atoms with Gasteiger partial charge in [0.15, 0.2) is 5.54 Å². The van der Waals surface area contributed by atoms with Gasteiger partial charge < -0.3 is 4.74 Å². The first-order valence-electron chi connectivity index (χ1n) is 9.81. The summed E-state index contributed by atoms with van der Waals surface area (Å²) < 4.78 is 43.3. The molecule has 0 bridgehead atoms. The highest BCUT2D eigenvalue weighted by atomic mass is 19.4. The topological polar surface area (TPSA) is 97.6 Å². The number of hydrogen-bond donors (Lipinski definition) is 2. The van der Waals surface area contributed by atoms with Crippen molar-refractivity contribution in [2.75, 3.05) is 7.05 Å². The maximum Gasteiger partial charge on any atom is 0.491 e. The van der Waals surface area contributed by atoms with Gasteiger partial charge in [0.2, 0.25) is 0 Å². The van der Waals surface area contributed by atoms with Crippen LogP contribution in [0.3, 0.4) is 0 Å². The van der Waals surface area contributed by atoms with Crippen LogP contribution in [0.25, 0.3) is 11.1 Å². The van der Waals surface area contributed by atoms with Gasteiger partial charge in [0, 0.05) is 19.4 Å². The van der Waals surface area contributed by atoms with Crippen molar-refractivity contribution >= 4 is 11.9 Å². The molecule has 33 heavy (non-hydrogen) atoms. The number of nitrogens with one attached hydrogen (secondary N) is 1. The van der Waals surface area contributed by atoms with E-state index in [4.69, 9.17) is 5.73 Å². The molecule has 2 heterocycles. The lowest BCUT2D eigenvalue weighted by Crippen LogP contribution is -2.64. The number of alkyl halides is 3. The summed E-state index contributed by atoms with van der Waals surface area (Å²) in [4.78, 5) is 30.0. The molecule has 4 rings (SSSR count). The molecule has 1 saturated heterocycles. The van der Waals surface area contributed by atoms with Crippen molar-refractivity contribution in [3.63, 3.8) is 0 Å². The number of halogens is 3. The van der Waals surface area contributed by atoms with Crippen molar-refractivity contribution in [3.05, 3.63) is 90.3 Å². The van der Waals surface area contributed by atoms with Gasteiger partial charge in [-0.2, -0.15) is 13.2 Å². The number of benzene rings is 2. The van der Waals surface area contributed by atoms with Gasteiger partial charge in [-0.05, 0) is 40.5 Å². The van der Waals surface area contributed by atoms with E-state index >= 15 is 0 Å². The molecule has 0 spiro atoms. The molecule has 3 N–H and O–H groups in total. The average Bonchev–Trinajstić information content (AvgIpc) is 3.01. The zero-order valence-electron chi connectivity index (χ0n) is 17.3. The molecule has 2 unspecified atom stereocenters. The van der Waals surface area contributed by atoms with Crippen molar-refractivity contribution in [1.29, 1.82) is 0 Å². The highest BCUT2D eigenvalue weighted by molar-refractivity contribution is 5.95. The van der Waals surface area contributed by atoms with Crippen molar-refractivity contribution in [3.8, 4) is 11.1 Å². The third kappa shape index (κ3) is 3.83. The monoisotopic (exact) mass is 456 g/mol. The normalized spacial score (nSPS) is 22.9. The largest absolute Gasteiger partial charge is 0.491 e. The fourth-order valence-corrected chi connectivity index (χ4v) is 3.82. The SMILES string of the molecule is CN1C(=O)C(c2ccccc2)(c2cccc(-c3ccncc3)c2)NC1(N)OC(=O)C(F)(F)F. The minimum absolute atomic E-state index is 0.398. The molecule has 10 heteroatoms. The van der Waals surface area contributed by atoms with Crippen LogP contribution in [0.1, 0.15) is 11.1 Å². The smallest absolute Gasteiger partial charge is 0.404 e. The van der Waals surface area contributed by atoms with Crippen molar-refractivity contribution in [2.45, 2.75) is 17.7 Å². The number of carbonyl (C=O) groups is 2. The van der Waals surface area contributed by atoms with Crippen LogP contribution in [-0.4, -0.2) is 41.0 Å². The second kappa shape index (κ2) is 7.98. The number of likely N-dealkylation sites (N-methyl/N-ethyl adjacent to an activating group) is 1. The summed E-state index contributed by atoms with van der Waals surface area (Å²) in [7, 11) is 1.16. The van der Waals surface area contributed by atoms with E-state index < -0.39 is 29.6 Å². The molecule has 1 aromatic heterocycles. The van der Waals surface area contributed by atoms with Crippen LogP contribution in [0.15, 0.2) is 79.1 Å². The molecular formula is C23H19F3N4O3. The number of hydrogen-bond acceptors (Lipinski definition) is 6. The van der Waals surface area contributed by atoms with Gasteiger partial charge in [0.1, 0.15) is 0 Å². The molecule has 1 aliphatic rings. The Bertz CT molecular complexity index is 1190. The number of rotatable bonds is 4. The Balaban J connectivity index is 1.87. The number of pyridine rings is 1. The summed E-state index contributed by atoms with van der Waals surface area (Å²) in [5, 5.41) is 2.69. The van der Waals surface area contributed by atoms with Crippen LogP contribution < -0.4 is 11.1 Å². The van der Waals surface area contributed by atoms with Crippen LogP contribution in [0.5, 0.6) is 0 Å². The lowest BCUT2D eigenvalue weighted by Gasteiger charge is -2.32. The molecule has 2 aromatic carbocycles. The van der Waals surface area contributed by atoms with E-state index in [1.165, 1.54) is 0 Å². The Morgan fingerprint density at radius 2 is 1.64 bits per heavy atom. The fourth-order valence-electron chi connectivity index (χ4n) is 3.82. The van der Waals surface area contributed by atoms with Crippen LogP contribution in [0.2, 0.25) is 0 Å². The summed E-state index contributed by atoms with van der Waals surface area (Å²) in [6.07, 6.45) is -2.07. The molecule has 1 amide bonds. The minimum Gasteiger partial charge on any atom is -0.404 e. The number of ether oxygens (including phenoxy) is 1. The van der Waals surface area contributed by atoms with Crippen LogP contribution in [-0.2, 0) is 19.9 Å². The van der Waals surface area contributed by atoms with Gasteiger partial charge in [-0.1, -0.05) is 48.5 Å². The van der Waals surface area contributed by atoms with Crippen molar-refractivity contribution < 1.29 is 27.5 Å². The third-order valence-corrected chi connectivity index (χ3v) is 5.49. The Labute approximate surface area is 187 Å². The number of nitrogens with two attached hydrogens (primary N) is 1.